The van der Waals surface area contributed by atoms with Gasteiger partial charge in [0, 0.05) is 13.2 Å². The molecule has 1 aromatic rings. The molecule has 0 aliphatic carbocycles. The van der Waals surface area contributed by atoms with Crippen LogP contribution < -0.4 is 10.6 Å². The molecular weight excluding hydrogens is 252 g/mol. The summed E-state index contributed by atoms with van der Waals surface area (Å²) in [7, 11) is 1.60. The normalized spacial score (nSPS) is 12.0. The van der Waals surface area contributed by atoms with Crippen LogP contribution in [-0.2, 0) is 9.53 Å². The molecule has 0 bridgehead atoms. The number of rotatable bonds is 6. The number of carbonyl (C=O) groups excluding carboxylic acids is 1. The van der Waals surface area contributed by atoms with Crippen LogP contribution in [0, 0.1) is 6.92 Å². The maximum absolute atomic E-state index is 11.6. The minimum Gasteiger partial charge on any atom is -0.383 e. The molecule has 0 aliphatic heterocycles. The molecule has 0 radical (unpaired) electrons. The summed E-state index contributed by atoms with van der Waals surface area (Å²) < 4.78 is 4.94. The second-order valence-electron chi connectivity index (χ2n) is 4.26. The number of nitrogens with one attached hydrogen (secondary N) is 2. The Kier molecular flexibility index (Phi) is 5.95. The van der Waals surface area contributed by atoms with Gasteiger partial charge in [0.25, 0.3) is 0 Å². The number of carbonyl (C=O) groups is 1. The Labute approximate surface area is 113 Å². The van der Waals surface area contributed by atoms with Gasteiger partial charge in [-0.3, -0.25) is 4.79 Å². The Bertz CT molecular complexity index is 410. The van der Waals surface area contributed by atoms with Crippen molar-refractivity contribution in [2.75, 3.05) is 25.6 Å². The number of ether oxygens (including phenoxy) is 1. The van der Waals surface area contributed by atoms with Gasteiger partial charge in [0.1, 0.15) is 0 Å². The fraction of sp³-hybridized carbons (Fsp3) is 0.462. The molecular formula is C13H19ClN2O2. The number of methoxy groups -OCH3 is 1. The highest BCUT2D eigenvalue weighted by Crippen LogP contribution is 2.22. The topological polar surface area (TPSA) is 50.4 Å². The van der Waals surface area contributed by atoms with Crippen LogP contribution in [0.4, 0.5) is 5.69 Å². The SMILES string of the molecule is COCC(C)NC(=O)CNc1ccc(C)cc1Cl. The zero-order valence-electron chi connectivity index (χ0n) is 10.9. The highest BCUT2D eigenvalue weighted by molar-refractivity contribution is 6.33. The molecule has 4 nitrogen and oxygen atoms in total. The number of hydrogen-bond donors (Lipinski definition) is 2. The standard InChI is InChI=1S/C13H19ClN2O2/c1-9-4-5-12(11(14)6-9)15-7-13(17)16-10(2)8-18-3/h4-6,10,15H,7-8H2,1-3H3,(H,16,17). The molecule has 100 valence electrons. The summed E-state index contributed by atoms with van der Waals surface area (Å²) in [6.45, 7) is 4.54. The number of amides is 1. The molecule has 1 rings (SSSR count). The van der Waals surface area contributed by atoms with E-state index in [9.17, 15) is 4.79 Å². The van der Waals surface area contributed by atoms with Gasteiger partial charge in [-0.25, -0.2) is 0 Å². The molecule has 2 N–H and O–H groups in total. The smallest absolute Gasteiger partial charge is 0.239 e. The van der Waals surface area contributed by atoms with Crippen LogP contribution in [0.15, 0.2) is 18.2 Å². The number of benzene rings is 1. The number of anilines is 1. The predicted molar refractivity (Wildman–Crippen MR) is 74.2 cm³/mol. The average molecular weight is 271 g/mol. The summed E-state index contributed by atoms with van der Waals surface area (Å²) in [5.74, 6) is -0.0869. The van der Waals surface area contributed by atoms with Gasteiger partial charge in [-0.2, -0.15) is 0 Å². The van der Waals surface area contributed by atoms with Gasteiger partial charge in [0.15, 0.2) is 0 Å². The van der Waals surface area contributed by atoms with Crippen LogP contribution in [-0.4, -0.2) is 32.2 Å². The molecule has 1 amide bonds. The van der Waals surface area contributed by atoms with Crippen LogP contribution in [0.3, 0.4) is 0 Å². The van der Waals surface area contributed by atoms with E-state index < -0.39 is 0 Å². The fourth-order valence-corrected chi connectivity index (χ4v) is 1.86. The van der Waals surface area contributed by atoms with Crippen LogP contribution in [0.1, 0.15) is 12.5 Å². The Balaban J connectivity index is 2.42. The van der Waals surface area contributed by atoms with Crippen molar-refractivity contribution in [3.63, 3.8) is 0 Å². The Morgan fingerprint density at radius 2 is 2.22 bits per heavy atom. The summed E-state index contributed by atoms with van der Waals surface area (Å²) in [6, 6.07) is 5.66. The second-order valence-corrected chi connectivity index (χ2v) is 4.67. The first-order valence-electron chi connectivity index (χ1n) is 5.81. The summed E-state index contributed by atoms with van der Waals surface area (Å²) in [4.78, 5) is 11.6. The van der Waals surface area contributed by atoms with E-state index in [0.29, 0.717) is 11.6 Å². The summed E-state index contributed by atoms with van der Waals surface area (Å²) in [5.41, 5.74) is 1.85. The Morgan fingerprint density at radius 1 is 1.50 bits per heavy atom. The highest BCUT2D eigenvalue weighted by Gasteiger charge is 2.07. The number of hydrogen-bond acceptors (Lipinski definition) is 3. The molecule has 0 fully saturated rings. The lowest BCUT2D eigenvalue weighted by Gasteiger charge is -2.14. The summed E-state index contributed by atoms with van der Waals surface area (Å²) in [6.07, 6.45) is 0. The molecule has 5 heteroatoms. The Morgan fingerprint density at radius 3 is 2.83 bits per heavy atom. The largest absolute Gasteiger partial charge is 0.383 e. The van der Waals surface area contributed by atoms with Gasteiger partial charge < -0.3 is 15.4 Å². The molecule has 0 saturated carbocycles. The quantitative estimate of drug-likeness (QED) is 0.833. The Hall–Kier alpha value is -1.26. The van der Waals surface area contributed by atoms with Crippen LogP contribution >= 0.6 is 11.6 Å². The lowest BCUT2D eigenvalue weighted by atomic mass is 10.2. The van der Waals surface area contributed by atoms with E-state index in [1.807, 2.05) is 32.0 Å². The highest BCUT2D eigenvalue weighted by atomic mass is 35.5. The van der Waals surface area contributed by atoms with Crippen molar-refractivity contribution in [1.29, 1.82) is 0 Å². The molecule has 0 saturated heterocycles. The van der Waals surface area contributed by atoms with E-state index in [1.54, 1.807) is 7.11 Å². The van der Waals surface area contributed by atoms with Crippen molar-refractivity contribution in [3.05, 3.63) is 28.8 Å². The first-order valence-corrected chi connectivity index (χ1v) is 6.19. The van der Waals surface area contributed by atoms with E-state index in [-0.39, 0.29) is 18.5 Å². The van der Waals surface area contributed by atoms with E-state index in [4.69, 9.17) is 16.3 Å². The zero-order valence-corrected chi connectivity index (χ0v) is 11.7. The first kappa shape index (κ1) is 14.8. The van der Waals surface area contributed by atoms with Crippen molar-refractivity contribution in [3.8, 4) is 0 Å². The molecule has 0 aromatic heterocycles. The third-order valence-electron chi connectivity index (χ3n) is 2.39. The molecule has 1 aromatic carbocycles. The van der Waals surface area contributed by atoms with Crippen LogP contribution in [0.25, 0.3) is 0 Å². The minimum absolute atomic E-state index is 0.00205. The van der Waals surface area contributed by atoms with Crippen molar-refractivity contribution in [1.82, 2.24) is 5.32 Å². The monoisotopic (exact) mass is 270 g/mol. The van der Waals surface area contributed by atoms with E-state index in [1.165, 1.54) is 0 Å². The van der Waals surface area contributed by atoms with Gasteiger partial charge in [-0.15, -0.1) is 0 Å². The third kappa shape index (κ3) is 4.94. The number of aryl methyl sites for hydroxylation is 1. The van der Waals surface area contributed by atoms with Gasteiger partial charge in [-0.1, -0.05) is 17.7 Å². The van der Waals surface area contributed by atoms with Gasteiger partial charge in [0.05, 0.1) is 23.9 Å². The van der Waals surface area contributed by atoms with Gasteiger partial charge in [0.2, 0.25) is 5.91 Å². The average Bonchev–Trinajstić information content (AvgIpc) is 2.28. The fourth-order valence-electron chi connectivity index (χ4n) is 1.56. The van der Waals surface area contributed by atoms with Crippen molar-refractivity contribution in [2.45, 2.75) is 19.9 Å². The van der Waals surface area contributed by atoms with Crippen LogP contribution in [0.5, 0.6) is 0 Å². The van der Waals surface area contributed by atoms with E-state index >= 15 is 0 Å². The maximum Gasteiger partial charge on any atom is 0.239 e. The zero-order chi connectivity index (χ0) is 13.5. The molecule has 0 spiro atoms. The predicted octanol–water partition coefficient (Wildman–Crippen LogP) is 2.21. The third-order valence-corrected chi connectivity index (χ3v) is 2.70. The van der Waals surface area contributed by atoms with Crippen molar-refractivity contribution < 1.29 is 9.53 Å². The molecule has 18 heavy (non-hydrogen) atoms. The lowest BCUT2D eigenvalue weighted by Crippen LogP contribution is -2.39. The maximum atomic E-state index is 11.6. The van der Waals surface area contributed by atoms with Gasteiger partial charge >= 0.3 is 0 Å². The van der Waals surface area contributed by atoms with E-state index in [2.05, 4.69) is 10.6 Å². The summed E-state index contributed by atoms with van der Waals surface area (Å²) in [5, 5.41) is 6.43. The second kappa shape index (κ2) is 7.24. The lowest BCUT2D eigenvalue weighted by molar-refractivity contribution is -0.120. The number of halogens is 1. The van der Waals surface area contributed by atoms with Crippen molar-refractivity contribution in [2.24, 2.45) is 0 Å². The van der Waals surface area contributed by atoms with E-state index in [0.717, 1.165) is 11.3 Å². The molecule has 0 aliphatic rings. The summed E-state index contributed by atoms with van der Waals surface area (Å²) >= 11 is 6.05. The van der Waals surface area contributed by atoms with Gasteiger partial charge in [-0.05, 0) is 31.5 Å². The minimum atomic E-state index is -0.0869. The first-order chi connectivity index (χ1) is 8.52. The van der Waals surface area contributed by atoms with Crippen molar-refractivity contribution >= 4 is 23.2 Å². The molecule has 1 atom stereocenters. The molecule has 1 unspecified atom stereocenters. The van der Waals surface area contributed by atoms with Crippen LogP contribution in [0.2, 0.25) is 5.02 Å². The molecule has 0 heterocycles.